The molecule has 5 nitrogen and oxygen atoms in total. The highest BCUT2D eigenvalue weighted by Crippen LogP contribution is 2.25. The van der Waals surface area contributed by atoms with Crippen LogP contribution in [0.3, 0.4) is 0 Å². The van der Waals surface area contributed by atoms with Gasteiger partial charge in [-0.15, -0.1) is 0 Å². The molecule has 1 aliphatic rings. The van der Waals surface area contributed by atoms with E-state index in [9.17, 15) is 4.79 Å². The summed E-state index contributed by atoms with van der Waals surface area (Å²) in [6, 6.07) is 10.8. The quantitative estimate of drug-likeness (QED) is 0.874. The first-order chi connectivity index (χ1) is 11.5. The van der Waals surface area contributed by atoms with Crippen molar-refractivity contribution in [1.82, 2.24) is 9.88 Å². The fourth-order valence-corrected chi connectivity index (χ4v) is 3.08. The minimum Gasteiger partial charge on any atom is -0.353 e. The van der Waals surface area contributed by atoms with Crippen LogP contribution in [0.25, 0.3) is 0 Å². The van der Waals surface area contributed by atoms with Gasteiger partial charge in [0.15, 0.2) is 0 Å². The highest BCUT2D eigenvalue weighted by molar-refractivity contribution is 6.36. The van der Waals surface area contributed by atoms with Gasteiger partial charge in [0.25, 0.3) is 0 Å². The summed E-state index contributed by atoms with van der Waals surface area (Å²) in [6.45, 7) is 4.73. The number of rotatable bonds is 2. The van der Waals surface area contributed by atoms with Crippen LogP contribution in [0.15, 0.2) is 36.4 Å². The molecule has 3 rings (SSSR count). The number of aromatic nitrogens is 1. The molecule has 0 bridgehead atoms. The predicted octanol–water partition coefficient (Wildman–Crippen LogP) is 4.05. The maximum atomic E-state index is 12.4. The number of halogens is 2. The molecule has 7 heteroatoms. The number of carbonyl (C=O) groups excluding carboxylic acids is 1. The second-order valence-corrected chi connectivity index (χ2v) is 6.51. The molecule has 0 atom stereocenters. The molecule has 0 radical (unpaired) electrons. The second kappa shape index (κ2) is 7.28. The third kappa shape index (κ3) is 3.91. The van der Waals surface area contributed by atoms with E-state index in [1.807, 2.05) is 25.1 Å². The Labute approximate surface area is 151 Å². The maximum Gasteiger partial charge on any atom is 0.322 e. The van der Waals surface area contributed by atoms with Crippen LogP contribution >= 0.6 is 23.2 Å². The Kier molecular flexibility index (Phi) is 5.11. The molecule has 24 heavy (non-hydrogen) atoms. The van der Waals surface area contributed by atoms with Gasteiger partial charge in [-0.3, -0.25) is 0 Å². The van der Waals surface area contributed by atoms with Crippen LogP contribution in [0.2, 0.25) is 10.0 Å². The lowest BCUT2D eigenvalue weighted by atomic mass is 10.3. The lowest BCUT2D eigenvalue weighted by Crippen LogP contribution is -2.50. The van der Waals surface area contributed by atoms with E-state index in [-0.39, 0.29) is 6.03 Å². The Morgan fingerprint density at radius 1 is 1.12 bits per heavy atom. The van der Waals surface area contributed by atoms with Gasteiger partial charge in [0.2, 0.25) is 0 Å². The smallest absolute Gasteiger partial charge is 0.322 e. The molecule has 1 aromatic carbocycles. The van der Waals surface area contributed by atoms with E-state index < -0.39 is 0 Å². The number of piperazine rings is 1. The molecule has 2 amide bonds. The van der Waals surface area contributed by atoms with E-state index >= 15 is 0 Å². The second-order valence-electron chi connectivity index (χ2n) is 5.67. The van der Waals surface area contributed by atoms with Gasteiger partial charge in [0.1, 0.15) is 5.82 Å². The SMILES string of the molecule is Cc1cccc(N2CCN(C(=O)Nc3ccc(Cl)cc3Cl)CC2)n1. The summed E-state index contributed by atoms with van der Waals surface area (Å²) >= 11 is 12.0. The summed E-state index contributed by atoms with van der Waals surface area (Å²) in [5, 5.41) is 3.80. The van der Waals surface area contributed by atoms with Crippen molar-refractivity contribution in [1.29, 1.82) is 0 Å². The monoisotopic (exact) mass is 364 g/mol. The first kappa shape index (κ1) is 16.9. The van der Waals surface area contributed by atoms with Crippen molar-refractivity contribution in [3.05, 3.63) is 52.1 Å². The number of urea groups is 1. The van der Waals surface area contributed by atoms with Crippen molar-refractivity contribution in [2.75, 3.05) is 36.4 Å². The van der Waals surface area contributed by atoms with Crippen LogP contribution in [-0.4, -0.2) is 42.1 Å². The van der Waals surface area contributed by atoms with Crippen LogP contribution in [0.5, 0.6) is 0 Å². The summed E-state index contributed by atoms with van der Waals surface area (Å²) in [5.41, 5.74) is 1.55. The molecule has 2 aromatic rings. The highest BCUT2D eigenvalue weighted by Gasteiger charge is 2.22. The zero-order valence-electron chi connectivity index (χ0n) is 13.3. The van der Waals surface area contributed by atoms with Crippen LogP contribution < -0.4 is 10.2 Å². The van der Waals surface area contributed by atoms with E-state index in [2.05, 4.69) is 15.2 Å². The molecule has 0 spiro atoms. The lowest BCUT2D eigenvalue weighted by Gasteiger charge is -2.35. The summed E-state index contributed by atoms with van der Waals surface area (Å²) < 4.78 is 0. The summed E-state index contributed by atoms with van der Waals surface area (Å²) in [7, 11) is 0. The molecule has 1 N–H and O–H groups in total. The van der Waals surface area contributed by atoms with Gasteiger partial charge in [-0.25, -0.2) is 9.78 Å². The summed E-state index contributed by atoms with van der Waals surface area (Å²) in [6.07, 6.45) is 0. The van der Waals surface area contributed by atoms with Crippen LogP contribution in [-0.2, 0) is 0 Å². The Morgan fingerprint density at radius 3 is 2.54 bits per heavy atom. The first-order valence-electron chi connectivity index (χ1n) is 7.72. The number of hydrogen-bond acceptors (Lipinski definition) is 3. The molecule has 1 saturated heterocycles. The third-order valence-electron chi connectivity index (χ3n) is 3.94. The molecule has 2 heterocycles. The fraction of sp³-hybridized carbons (Fsp3) is 0.294. The predicted molar refractivity (Wildman–Crippen MR) is 98.2 cm³/mol. The molecule has 0 aliphatic carbocycles. The van der Waals surface area contributed by atoms with E-state index in [1.165, 1.54) is 0 Å². The van der Waals surface area contributed by atoms with E-state index in [0.29, 0.717) is 28.8 Å². The van der Waals surface area contributed by atoms with Gasteiger partial charge in [0.05, 0.1) is 10.7 Å². The molecule has 1 aromatic heterocycles. The maximum absolute atomic E-state index is 12.4. The zero-order chi connectivity index (χ0) is 17.1. The molecule has 1 fully saturated rings. The van der Waals surface area contributed by atoms with E-state index in [1.54, 1.807) is 23.1 Å². The summed E-state index contributed by atoms with van der Waals surface area (Å²) in [4.78, 5) is 20.9. The number of nitrogens with one attached hydrogen (secondary N) is 1. The van der Waals surface area contributed by atoms with E-state index in [0.717, 1.165) is 24.6 Å². The standard InChI is InChI=1S/C17H18Cl2N4O/c1-12-3-2-4-16(20-12)22-7-9-23(10-8-22)17(24)21-15-6-5-13(18)11-14(15)19/h2-6,11H,7-10H2,1H3,(H,21,24). The topological polar surface area (TPSA) is 48.5 Å². The number of pyridine rings is 1. The van der Waals surface area contributed by atoms with Gasteiger partial charge in [-0.2, -0.15) is 0 Å². The third-order valence-corrected chi connectivity index (χ3v) is 4.49. The number of aryl methyl sites for hydroxylation is 1. The Morgan fingerprint density at radius 2 is 1.88 bits per heavy atom. The number of anilines is 2. The normalized spacial score (nSPS) is 14.6. The van der Waals surface area contributed by atoms with Crippen molar-refractivity contribution in [2.45, 2.75) is 6.92 Å². The average Bonchev–Trinajstić information content (AvgIpc) is 2.57. The lowest BCUT2D eigenvalue weighted by molar-refractivity contribution is 0.208. The Bertz CT molecular complexity index is 745. The minimum atomic E-state index is -0.156. The van der Waals surface area contributed by atoms with Crippen molar-refractivity contribution < 1.29 is 4.79 Å². The zero-order valence-corrected chi connectivity index (χ0v) is 14.8. The fourth-order valence-electron chi connectivity index (χ4n) is 2.63. The Balaban J connectivity index is 1.59. The molecule has 1 aliphatic heterocycles. The van der Waals surface area contributed by atoms with Crippen molar-refractivity contribution in [2.24, 2.45) is 0 Å². The number of hydrogen-bond donors (Lipinski definition) is 1. The number of benzene rings is 1. The van der Waals surface area contributed by atoms with Gasteiger partial charge in [0, 0.05) is 36.9 Å². The molecule has 0 saturated carbocycles. The van der Waals surface area contributed by atoms with Gasteiger partial charge >= 0.3 is 6.03 Å². The van der Waals surface area contributed by atoms with Gasteiger partial charge in [-0.1, -0.05) is 29.3 Å². The van der Waals surface area contributed by atoms with Crippen LogP contribution in [0.1, 0.15) is 5.69 Å². The largest absolute Gasteiger partial charge is 0.353 e. The molecular weight excluding hydrogens is 347 g/mol. The van der Waals surface area contributed by atoms with Crippen molar-refractivity contribution in [3.63, 3.8) is 0 Å². The number of amides is 2. The molecule has 126 valence electrons. The molecular formula is C17H18Cl2N4O. The van der Waals surface area contributed by atoms with Gasteiger partial charge < -0.3 is 15.1 Å². The van der Waals surface area contributed by atoms with E-state index in [4.69, 9.17) is 23.2 Å². The Hall–Kier alpha value is -1.98. The van der Waals surface area contributed by atoms with Crippen molar-refractivity contribution >= 4 is 40.7 Å². The van der Waals surface area contributed by atoms with Crippen LogP contribution in [0.4, 0.5) is 16.3 Å². The number of nitrogens with zero attached hydrogens (tertiary/aromatic N) is 3. The highest BCUT2D eigenvalue weighted by atomic mass is 35.5. The average molecular weight is 365 g/mol. The number of carbonyl (C=O) groups is 1. The van der Waals surface area contributed by atoms with Crippen LogP contribution in [0, 0.1) is 6.92 Å². The molecule has 0 unspecified atom stereocenters. The summed E-state index contributed by atoms with van der Waals surface area (Å²) in [5.74, 6) is 0.954. The first-order valence-corrected chi connectivity index (χ1v) is 8.48. The minimum absolute atomic E-state index is 0.156. The van der Waals surface area contributed by atoms with Gasteiger partial charge in [-0.05, 0) is 37.3 Å². The van der Waals surface area contributed by atoms with Crippen molar-refractivity contribution in [3.8, 4) is 0 Å².